The lowest BCUT2D eigenvalue weighted by molar-refractivity contribution is 0.0236. The third kappa shape index (κ3) is 4.06. The normalized spacial score (nSPS) is 14.2. The monoisotopic (exact) mass is 373 g/mol. The number of rotatable bonds is 6. The molecule has 0 spiro atoms. The maximum atomic E-state index is 6.19. The number of hydrogen-bond acceptors (Lipinski definition) is 3. The maximum absolute atomic E-state index is 6.19. The van der Waals surface area contributed by atoms with E-state index in [0.717, 1.165) is 26.4 Å². The minimum Gasteiger partial charge on any atom is -0.366 e. The molecule has 0 fully saturated rings. The summed E-state index contributed by atoms with van der Waals surface area (Å²) < 4.78 is 7.10. The van der Waals surface area contributed by atoms with Gasteiger partial charge in [-0.05, 0) is 40.0 Å². The van der Waals surface area contributed by atoms with E-state index in [1.807, 2.05) is 29.6 Å². The molecule has 0 amide bonds. The van der Waals surface area contributed by atoms with Gasteiger partial charge in [-0.3, -0.25) is 0 Å². The fourth-order valence-electron chi connectivity index (χ4n) is 1.90. The number of halogens is 2. The molecular formula is C15H17BrClNOS. The Morgan fingerprint density at radius 1 is 1.40 bits per heavy atom. The molecule has 0 bridgehead atoms. The van der Waals surface area contributed by atoms with Crippen molar-refractivity contribution in [3.63, 3.8) is 0 Å². The van der Waals surface area contributed by atoms with Crippen LogP contribution in [0.1, 0.15) is 29.9 Å². The molecule has 2 atom stereocenters. The highest BCUT2D eigenvalue weighted by atomic mass is 79.9. The predicted molar refractivity (Wildman–Crippen MR) is 89.3 cm³/mol. The van der Waals surface area contributed by atoms with Crippen LogP contribution < -0.4 is 5.73 Å². The number of thiophene rings is 1. The summed E-state index contributed by atoms with van der Waals surface area (Å²) in [5.41, 5.74) is 7.18. The second kappa shape index (κ2) is 7.57. The van der Waals surface area contributed by atoms with Crippen molar-refractivity contribution in [3.05, 3.63) is 55.6 Å². The van der Waals surface area contributed by atoms with Crippen molar-refractivity contribution < 1.29 is 4.74 Å². The van der Waals surface area contributed by atoms with Crippen LogP contribution in [0.4, 0.5) is 0 Å². The summed E-state index contributed by atoms with van der Waals surface area (Å²) in [7, 11) is 0. The van der Waals surface area contributed by atoms with E-state index in [1.54, 1.807) is 11.3 Å². The summed E-state index contributed by atoms with van der Waals surface area (Å²) in [6.07, 6.45) is 0.760. The Bertz CT molecular complexity index is 560. The van der Waals surface area contributed by atoms with E-state index >= 15 is 0 Å². The second-order valence-corrected chi connectivity index (χ2v) is 6.83. The van der Waals surface area contributed by atoms with Gasteiger partial charge >= 0.3 is 0 Å². The van der Waals surface area contributed by atoms with Gasteiger partial charge in [0, 0.05) is 25.8 Å². The minimum atomic E-state index is -0.104. The molecule has 1 heterocycles. The van der Waals surface area contributed by atoms with Crippen LogP contribution >= 0.6 is 38.9 Å². The fraction of sp³-hybridized carbons (Fsp3) is 0.333. The van der Waals surface area contributed by atoms with Crippen LogP contribution in [0.15, 0.2) is 40.2 Å². The zero-order chi connectivity index (χ0) is 14.5. The molecule has 0 saturated heterocycles. The van der Waals surface area contributed by atoms with E-state index in [-0.39, 0.29) is 12.1 Å². The van der Waals surface area contributed by atoms with Crippen molar-refractivity contribution >= 4 is 38.9 Å². The topological polar surface area (TPSA) is 35.2 Å². The van der Waals surface area contributed by atoms with Crippen LogP contribution in [-0.2, 0) is 11.3 Å². The van der Waals surface area contributed by atoms with E-state index in [0.29, 0.717) is 6.61 Å². The molecule has 2 N–H and O–H groups in total. The highest BCUT2D eigenvalue weighted by Crippen LogP contribution is 2.31. The zero-order valence-corrected chi connectivity index (χ0v) is 14.3. The SMILES string of the molecule is CCC(N)C(OCc1ccccc1Cl)c1cc(Br)cs1. The molecule has 2 nitrogen and oxygen atoms in total. The molecule has 1 aromatic carbocycles. The molecule has 108 valence electrons. The molecule has 20 heavy (non-hydrogen) atoms. The van der Waals surface area contributed by atoms with Gasteiger partial charge in [-0.15, -0.1) is 11.3 Å². The first-order valence-corrected chi connectivity index (χ1v) is 8.51. The van der Waals surface area contributed by atoms with Crippen LogP contribution in [0.3, 0.4) is 0 Å². The van der Waals surface area contributed by atoms with Crippen molar-refractivity contribution in [3.8, 4) is 0 Å². The highest BCUT2D eigenvalue weighted by Gasteiger charge is 2.21. The Balaban J connectivity index is 2.11. The van der Waals surface area contributed by atoms with Crippen molar-refractivity contribution in [1.82, 2.24) is 0 Å². The van der Waals surface area contributed by atoms with E-state index in [9.17, 15) is 0 Å². The summed E-state index contributed by atoms with van der Waals surface area (Å²) in [4.78, 5) is 1.14. The average Bonchev–Trinajstić information content (AvgIpc) is 2.87. The summed E-state index contributed by atoms with van der Waals surface area (Å²) in [6, 6.07) is 9.76. The van der Waals surface area contributed by atoms with Crippen LogP contribution in [0.25, 0.3) is 0 Å². The number of nitrogens with two attached hydrogens (primary N) is 1. The van der Waals surface area contributed by atoms with Crippen LogP contribution in [-0.4, -0.2) is 6.04 Å². The van der Waals surface area contributed by atoms with Crippen molar-refractivity contribution in [1.29, 1.82) is 0 Å². The van der Waals surface area contributed by atoms with E-state index in [1.165, 1.54) is 0 Å². The summed E-state index contributed by atoms with van der Waals surface area (Å²) in [5.74, 6) is 0. The largest absolute Gasteiger partial charge is 0.366 e. The van der Waals surface area contributed by atoms with E-state index in [4.69, 9.17) is 22.1 Å². The van der Waals surface area contributed by atoms with Gasteiger partial charge in [-0.25, -0.2) is 0 Å². The molecule has 0 aliphatic carbocycles. The smallest absolute Gasteiger partial charge is 0.107 e. The van der Waals surface area contributed by atoms with Gasteiger partial charge in [0.05, 0.1) is 6.61 Å². The van der Waals surface area contributed by atoms with Gasteiger partial charge in [0.1, 0.15) is 6.10 Å². The van der Waals surface area contributed by atoms with Gasteiger partial charge < -0.3 is 10.5 Å². The fourth-order valence-corrected chi connectivity index (χ4v) is 3.66. The zero-order valence-electron chi connectivity index (χ0n) is 11.2. The first-order valence-electron chi connectivity index (χ1n) is 6.46. The lowest BCUT2D eigenvalue weighted by Gasteiger charge is -2.22. The minimum absolute atomic E-state index is 0.0250. The predicted octanol–water partition coefficient (Wildman–Crippen LogP) is 5.16. The lowest BCUT2D eigenvalue weighted by atomic mass is 10.1. The number of benzene rings is 1. The third-order valence-electron chi connectivity index (χ3n) is 3.10. The summed E-state index contributed by atoms with van der Waals surface area (Å²) >= 11 is 11.3. The summed E-state index contributed by atoms with van der Waals surface area (Å²) in [6.45, 7) is 2.53. The number of hydrogen-bond donors (Lipinski definition) is 1. The Labute approximate surface area is 137 Å². The van der Waals surface area contributed by atoms with Gasteiger partial charge in [0.2, 0.25) is 0 Å². The third-order valence-corrected chi connectivity index (χ3v) is 5.23. The Morgan fingerprint density at radius 3 is 2.75 bits per heavy atom. The molecule has 2 rings (SSSR count). The van der Waals surface area contributed by atoms with Gasteiger partial charge in [-0.1, -0.05) is 36.7 Å². The molecule has 2 unspecified atom stereocenters. The molecule has 0 saturated carbocycles. The van der Waals surface area contributed by atoms with Crippen LogP contribution in [0.2, 0.25) is 5.02 Å². The average molecular weight is 375 g/mol. The van der Waals surface area contributed by atoms with Crippen molar-refractivity contribution in [2.75, 3.05) is 0 Å². The molecule has 1 aromatic heterocycles. The van der Waals surface area contributed by atoms with Gasteiger partial charge in [0.15, 0.2) is 0 Å². The Kier molecular flexibility index (Phi) is 6.05. The lowest BCUT2D eigenvalue weighted by Crippen LogP contribution is -2.29. The van der Waals surface area contributed by atoms with Crippen molar-refractivity contribution in [2.24, 2.45) is 5.73 Å². The molecular weight excluding hydrogens is 358 g/mol. The van der Waals surface area contributed by atoms with Crippen LogP contribution in [0, 0.1) is 0 Å². The van der Waals surface area contributed by atoms with Gasteiger partial charge in [0.25, 0.3) is 0 Å². The number of ether oxygens (including phenoxy) is 1. The van der Waals surface area contributed by atoms with E-state index in [2.05, 4.69) is 28.9 Å². The van der Waals surface area contributed by atoms with E-state index < -0.39 is 0 Å². The van der Waals surface area contributed by atoms with Gasteiger partial charge in [-0.2, -0.15) is 0 Å². The molecule has 5 heteroatoms. The maximum Gasteiger partial charge on any atom is 0.107 e. The summed E-state index contributed by atoms with van der Waals surface area (Å²) in [5, 5.41) is 2.77. The molecule has 0 aliphatic rings. The van der Waals surface area contributed by atoms with Crippen LogP contribution in [0.5, 0.6) is 0 Å². The van der Waals surface area contributed by atoms with Crippen molar-refractivity contribution in [2.45, 2.75) is 32.1 Å². The Morgan fingerprint density at radius 2 is 2.15 bits per heavy atom. The second-order valence-electron chi connectivity index (χ2n) is 4.56. The molecule has 2 aromatic rings. The highest BCUT2D eigenvalue weighted by molar-refractivity contribution is 9.10. The molecule has 0 radical (unpaired) electrons. The first-order chi connectivity index (χ1) is 9.61. The standard InChI is InChI=1S/C15H17BrClNOS/c1-2-13(18)15(14-7-11(16)9-20-14)19-8-10-5-3-4-6-12(10)17/h3-7,9,13,15H,2,8,18H2,1H3. The quantitative estimate of drug-likeness (QED) is 0.758. The first kappa shape index (κ1) is 16.0. The molecule has 0 aliphatic heterocycles. The Hall–Kier alpha value is -0.390.